The fraction of sp³-hybridized carbons (Fsp3) is 0.484. The lowest BCUT2D eigenvalue weighted by Gasteiger charge is -2.50. The van der Waals surface area contributed by atoms with E-state index >= 15 is 0 Å². The number of hydrogen-bond donors (Lipinski definition) is 0. The molecule has 40 heavy (non-hydrogen) atoms. The average molecular weight is 550 g/mol. The number of hydrogen-bond acceptors (Lipinski definition) is 8. The fourth-order valence-corrected chi connectivity index (χ4v) is 6.35. The third kappa shape index (κ3) is 4.41. The van der Waals surface area contributed by atoms with Gasteiger partial charge in [0.05, 0.1) is 36.2 Å². The number of nitrogens with zero attached hydrogens (tertiary/aromatic N) is 1. The van der Waals surface area contributed by atoms with Gasteiger partial charge in [0.2, 0.25) is 0 Å². The Balaban J connectivity index is 1.69. The van der Waals surface area contributed by atoms with Crippen molar-refractivity contribution in [1.29, 1.82) is 0 Å². The number of carbonyl (C=O) groups excluding carboxylic acids is 4. The molecule has 2 aromatic carbocycles. The van der Waals surface area contributed by atoms with E-state index in [0.717, 1.165) is 0 Å². The van der Waals surface area contributed by atoms with Crippen LogP contribution in [-0.2, 0) is 19.1 Å². The predicted molar refractivity (Wildman–Crippen MR) is 144 cm³/mol. The van der Waals surface area contributed by atoms with E-state index in [1.54, 1.807) is 69.0 Å². The van der Waals surface area contributed by atoms with Crippen molar-refractivity contribution >= 4 is 23.8 Å². The van der Waals surface area contributed by atoms with Crippen LogP contribution in [0.1, 0.15) is 79.2 Å². The van der Waals surface area contributed by atoms with Crippen LogP contribution in [0.25, 0.3) is 0 Å². The third-order valence-corrected chi connectivity index (χ3v) is 8.28. The molecule has 4 atom stereocenters. The normalized spacial score (nSPS) is 25.0. The first kappa shape index (κ1) is 27.7. The Morgan fingerprint density at radius 1 is 1.05 bits per heavy atom. The second-order valence-electron chi connectivity index (χ2n) is 11.6. The molecule has 0 unspecified atom stereocenters. The van der Waals surface area contributed by atoms with Crippen molar-refractivity contribution in [2.24, 2.45) is 10.8 Å². The summed E-state index contributed by atoms with van der Waals surface area (Å²) in [5.74, 6) is -1.92. The molecular weight excluding hydrogens is 514 g/mol. The Hall–Kier alpha value is -3.88. The minimum absolute atomic E-state index is 0.116. The largest absolute Gasteiger partial charge is 0.493 e. The monoisotopic (exact) mass is 549 g/mol. The molecular formula is C31H35NO8. The predicted octanol–water partition coefficient (Wildman–Crippen LogP) is 4.53. The number of rotatable bonds is 6. The van der Waals surface area contributed by atoms with Gasteiger partial charge in [-0.05, 0) is 71.2 Å². The van der Waals surface area contributed by atoms with E-state index in [9.17, 15) is 19.2 Å². The zero-order valence-electron chi connectivity index (χ0n) is 23.5. The number of methoxy groups -OCH3 is 1. The Morgan fingerprint density at radius 3 is 2.42 bits per heavy atom. The summed E-state index contributed by atoms with van der Waals surface area (Å²) in [5.41, 5.74) is -0.667. The number of ether oxygens (including phenoxy) is 4. The molecule has 1 saturated heterocycles. The van der Waals surface area contributed by atoms with Crippen LogP contribution in [0.3, 0.4) is 0 Å². The van der Waals surface area contributed by atoms with Crippen LogP contribution in [-0.4, -0.2) is 61.1 Å². The molecule has 212 valence electrons. The molecule has 0 spiro atoms. The maximum Gasteiger partial charge on any atom is 0.338 e. The number of amides is 1. The van der Waals surface area contributed by atoms with Crippen molar-refractivity contribution in [3.05, 3.63) is 59.2 Å². The highest BCUT2D eigenvalue weighted by Gasteiger charge is 2.65. The summed E-state index contributed by atoms with van der Waals surface area (Å²) in [4.78, 5) is 55.6. The highest BCUT2D eigenvalue weighted by atomic mass is 16.6. The maximum absolute atomic E-state index is 13.9. The molecule has 0 bridgehead atoms. The molecule has 0 radical (unpaired) electrons. The summed E-state index contributed by atoms with van der Waals surface area (Å²) < 4.78 is 23.3. The van der Waals surface area contributed by atoms with E-state index in [4.69, 9.17) is 18.9 Å². The lowest BCUT2D eigenvalue weighted by atomic mass is 9.61. The van der Waals surface area contributed by atoms with Gasteiger partial charge in [-0.15, -0.1) is 0 Å². The topological polar surface area (TPSA) is 108 Å². The molecule has 2 aliphatic heterocycles. The zero-order chi connectivity index (χ0) is 28.8. The van der Waals surface area contributed by atoms with E-state index < -0.39 is 40.8 Å². The first-order valence-electron chi connectivity index (χ1n) is 13.7. The highest BCUT2D eigenvalue weighted by molar-refractivity contribution is 6.00. The van der Waals surface area contributed by atoms with Gasteiger partial charge in [0.1, 0.15) is 6.10 Å². The van der Waals surface area contributed by atoms with Gasteiger partial charge in [-0.25, -0.2) is 4.79 Å². The smallest absolute Gasteiger partial charge is 0.338 e. The van der Waals surface area contributed by atoms with Gasteiger partial charge in [0, 0.05) is 23.6 Å². The summed E-state index contributed by atoms with van der Waals surface area (Å²) in [5, 5.41) is 0. The Morgan fingerprint density at radius 2 is 1.77 bits per heavy atom. The fourth-order valence-electron chi connectivity index (χ4n) is 6.35. The zero-order valence-corrected chi connectivity index (χ0v) is 23.5. The van der Waals surface area contributed by atoms with Gasteiger partial charge >= 0.3 is 17.9 Å². The molecule has 1 aliphatic carbocycles. The summed E-state index contributed by atoms with van der Waals surface area (Å²) in [6.45, 7) is 7.52. The molecule has 2 fully saturated rings. The van der Waals surface area contributed by atoms with Crippen molar-refractivity contribution in [3.8, 4) is 11.5 Å². The lowest BCUT2D eigenvalue weighted by Crippen LogP contribution is -2.59. The van der Waals surface area contributed by atoms with Crippen LogP contribution in [0.2, 0.25) is 0 Å². The Kier molecular flexibility index (Phi) is 7.10. The number of esters is 3. The first-order chi connectivity index (χ1) is 19.0. The van der Waals surface area contributed by atoms with E-state index in [1.165, 1.54) is 7.11 Å². The van der Waals surface area contributed by atoms with Gasteiger partial charge in [-0.1, -0.05) is 18.2 Å². The summed E-state index contributed by atoms with van der Waals surface area (Å²) in [7, 11) is 1.46. The molecule has 2 aromatic rings. The van der Waals surface area contributed by atoms with Gasteiger partial charge in [-0.2, -0.15) is 0 Å². The van der Waals surface area contributed by atoms with Crippen molar-refractivity contribution in [2.75, 3.05) is 20.3 Å². The van der Waals surface area contributed by atoms with Crippen molar-refractivity contribution < 1.29 is 38.1 Å². The van der Waals surface area contributed by atoms with Gasteiger partial charge in [0.25, 0.3) is 5.91 Å². The van der Waals surface area contributed by atoms with Crippen LogP contribution in [0.5, 0.6) is 11.5 Å². The molecule has 0 aromatic heterocycles. The molecule has 3 aliphatic rings. The van der Waals surface area contributed by atoms with Gasteiger partial charge < -0.3 is 23.8 Å². The standard InChI is InChI=1S/C31H35NO8/c1-6-38-29(36)31-15-14-20(39-27(34)18-10-8-7-9-11-18)23-22-19(26(33)32(17-16-31)25(23)31)12-13-21(37-5)24(22)40-28(35)30(2,3)4/h7-13,20,23,25H,6,14-17H2,1-5H3/t20-,23-,25+,31-/m0/s1. The molecule has 1 amide bonds. The van der Waals surface area contributed by atoms with E-state index in [-0.39, 0.29) is 30.0 Å². The van der Waals surface area contributed by atoms with E-state index in [0.29, 0.717) is 42.5 Å². The molecule has 2 heterocycles. The molecule has 1 saturated carbocycles. The number of fused-ring (bicyclic) bond motifs is 2. The minimum atomic E-state index is -0.974. The van der Waals surface area contributed by atoms with Crippen LogP contribution < -0.4 is 9.47 Å². The molecule has 9 heteroatoms. The quantitative estimate of drug-likeness (QED) is 0.382. The third-order valence-electron chi connectivity index (χ3n) is 8.28. The number of benzene rings is 2. The second-order valence-corrected chi connectivity index (χ2v) is 11.6. The number of carbonyl (C=O) groups is 4. The summed E-state index contributed by atoms with van der Waals surface area (Å²) in [6.07, 6.45) is 0.483. The molecule has 9 nitrogen and oxygen atoms in total. The lowest BCUT2D eigenvalue weighted by molar-refractivity contribution is -0.162. The summed E-state index contributed by atoms with van der Waals surface area (Å²) >= 11 is 0. The van der Waals surface area contributed by atoms with E-state index in [1.807, 2.05) is 6.07 Å². The minimum Gasteiger partial charge on any atom is -0.493 e. The average Bonchev–Trinajstić information content (AvgIpc) is 3.34. The van der Waals surface area contributed by atoms with Crippen LogP contribution >= 0.6 is 0 Å². The summed E-state index contributed by atoms with van der Waals surface area (Å²) in [6, 6.07) is 11.3. The van der Waals surface area contributed by atoms with Gasteiger partial charge in [0.15, 0.2) is 11.5 Å². The SMILES string of the molecule is CCOC(=O)[C@@]12CC[C@H](OC(=O)c3ccccc3)[C@H]3c4c(ccc(OC)c4OC(=O)C(C)(C)C)C(=O)N(CC1)[C@H]32. The highest BCUT2D eigenvalue weighted by Crippen LogP contribution is 2.59. The Bertz CT molecular complexity index is 1350. The van der Waals surface area contributed by atoms with Crippen LogP contribution in [0, 0.1) is 10.8 Å². The Labute approximate surface area is 233 Å². The second kappa shape index (κ2) is 10.3. The van der Waals surface area contributed by atoms with Crippen molar-refractivity contribution in [1.82, 2.24) is 4.90 Å². The molecule has 5 rings (SSSR count). The van der Waals surface area contributed by atoms with Gasteiger partial charge in [-0.3, -0.25) is 14.4 Å². The van der Waals surface area contributed by atoms with Crippen molar-refractivity contribution in [2.45, 2.75) is 65.0 Å². The first-order valence-corrected chi connectivity index (χ1v) is 13.7. The molecule has 0 N–H and O–H groups in total. The van der Waals surface area contributed by atoms with Crippen molar-refractivity contribution in [3.63, 3.8) is 0 Å². The maximum atomic E-state index is 13.9. The van der Waals surface area contributed by atoms with Crippen LogP contribution in [0.4, 0.5) is 0 Å². The van der Waals surface area contributed by atoms with E-state index in [2.05, 4.69) is 0 Å². The van der Waals surface area contributed by atoms with Crippen LogP contribution in [0.15, 0.2) is 42.5 Å².